The van der Waals surface area contributed by atoms with Gasteiger partial charge in [-0.25, -0.2) is 18.4 Å². The van der Waals surface area contributed by atoms with E-state index in [1.54, 1.807) is 0 Å². The molecule has 0 unspecified atom stereocenters. The first-order valence-electron chi connectivity index (χ1n) is 9.48. The van der Waals surface area contributed by atoms with Crippen LogP contribution in [-0.2, 0) is 22.7 Å². The number of thiophene rings is 1. The van der Waals surface area contributed by atoms with Crippen LogP contribution in [-0.4, -0.2) is 67.0 Å². The Labute approximate surface area is 158 Å². The minimum Gasteiger partial charge on any atom is -0.353 e. The third-order valence-electron chi connectivity index (χ3n) is 6.00. The Kier molecular flexibility index (Phi) is 3.99. The zero-order valence-electron chi connectivity index (χ0n) is 15.1. The van der Waals surface area contributed by atoms with Gasteiger partial charge in [-0.3, -0.25) is 4.90 Å². The fraction of sp³-hybridized carbons (Fsp3) is 0.667. The van der Waals surface area contributed by atoms with E-state index in [0.29, 0.717) is 11.5 Å². The molecule has 5 rings (SSSR count). The number of anilines is 1. The SMILES string of the molecule is Cc1nc(N2CCN([C@H]3CCS(=O)(=O)C3)CC2)c2c3c(sc2n1)CCC3. The quantitative estimate of drug-likeness (QED) is 0.776. The van der Waals surface area contributed by atoms with Crippen molar-refractivity contribution in [3.63, 3.8) is 0 Å². The first-order valence-corrected chi connectivity index (χ1v) is 12.1. The van der Waals surface area contributed by atoms with Gasteiger partial charge in [0.15, 0.2) is 9.84 Å². The highest BCUT2D eigenvalue weighted by molar-refractivity contribution is 7.91. The number of nitrogens with zero attached hydrogens (tertiary/aromatic N) is 4. The molecule has 2 aliphatic heterocycles. The number of rotatable bonds is 2. The molecule has 4 heterocycles. The lowest BCUT2D eigenvalue weighted by molar-refractivity contribution is 0.200. The summed E-state index contributed by atoms with van der Waals surface area (Å²) in [4.78, 5) is 16.9. The Morgan fingerprint density at radius 3 is 2.65 bits per heavy atom. The maximum absolute atomic E-state index is 11.8. The molecule has 0 radical (unpaired) electrons. The summed E-state index contributed by atoms with van der Waals surface area (Å²) in [7, 11) is -2.82. The van der Waals surface area contributed by atoms with Gasteiger partial charge in [-0.1, -0.05) is 0 Å². The van der Waals surface area contributed by atoms with E-state index in [9.17, 15) is 8.42 Å². The molecule has 1 atom stereocenters. The molecular formula is C18H24N4O2S2. The Bertz CT molecular complexity index is 961. The van der Waals surface area contributed by atoms with Gasteiger partial charge in [0, 0.05) is 37.1 Å². The minimum absolute atomic E-state index is 0.208. The van der Waals surface area contributed by atoms with Crippen molar-refractivity contribution in [2.45, 2.75) is 38.6 Å². The predicted octanol–water partition coefficient (Wildman–Crippen LogP) is 1.80. The summed E-state index contributed by atoms with van der Waals surface area (Å²) in [5, 5.41) is 1.28. The summed E-state index contributed by atoms with van der Waals surface area (Å²) in [6.07, 6.45) is 4.36. The number of piperazine rings is 1. The van der Waals surface area contributed by atoms with E-state index in [2.05, 4.69) is 9.80 Å². The molecule has 2 fully saturated rings. The molecule has 8 heteroatoms. The predicted molar refractivity (Wildman–Crippen MR) is 105 cm³/mol. The van der Waals surface area contributed by atoms with Crippen LogP contribution in [0.4, 0.5) is 5.82 Å². The summed E-state index contributed by atoms with van der Waals surface area (Å²) in [5.41, 5.74) is 1.48. The number of fused-ring (bicyclic) bond motifs is 3. The van der Waals surface area contributed by atoms with Crippen LogP contribution in [0.2, 0.25) is 0 Å². The number of aryl methyl sites for hydroxylation is 3. The summed E-state index contributed by atoms with van der Waals surface area (Å²) in [6.45, 7) is 5.63. The van der Waals surface area contributed by atoms with Crippen LogP contribution in [0, 0.1) is 6.92 Å². The molecule has 0 amide bonds. The van der Waals surface area contributed by atoms with Crippen LogP contribution < -0.4 is 4.90 Å². The van der Waals surface area contributed by atoms with E-state index in [-0.39, 0.29) is 6.04 Å². The molecule has 2 saturated heterocycles. The largest absolute Gasteiger partial charge is 0.353 e. The lowest BCUT2D eigenvalue weighted by atomic mass is 10.1. The highest BCUT2D eigenvalue weighted by Gasteiger charge is 2.34. The summed E-state index contributed by atoms with van der Waals surface area (Å²) in [5.74, 6) is 2.63. The third-order valence-corrected chi connectivity index (χ3v) is 8.93. The van der Waals surface area contributed by atoms with Gasteiger partial charge in [0.25, 0.3) is 0 Å². The Balaban J connectivity index is 1.40. The fourth-order valence-electron chi connectivity index (χ4n) is 4.67. The highest BCUT2D eigenvalue weighted by atomic mass is 32.2. The van der Waals surface area contributed by atoms with E-state index < -0.39 is 9.84 Å². The van der Waals surface area contributed by atoms with Gasteiger partial charge in [-0.2, -0.15) is 0 Å². The van der Waals surface area contributed by atoms with E-state index in [4.69, 9.17) is 9.97 Å². The maximum atomic E-state index is 11.8. The van der Waals surface area contributed by atoms with Crippen molar-refractivity contribution in [1.82, 2.24) is 14.9 Å². The lowest BCUT2D eigenvalue weighted by Crippen LogP contribution is -2.51. The maximum Gasteiger partial charge on any atom is 0.151 e. The minimum atomic E-state index is -2.82. The third kappa shape index (κ3) is 2.82. The molecule has 0 saturated carbocycles. The van der Waals surface area contributed by atoms with Crippen molar-refractivity contribution in [1.29, 1.82) is 0 Å². The Hall–Kier alpha value is -1.25. The number of hydrogen-bond acceptors (Lipinski definition) is 7. The highest BCUT2D eigenvalue weighted by Crippen LogP contribution is 2.40. The van der Waals surface area contributed by atoms with Gasteiger partial charge in [0.2, 0.25) is 0 Å². The molecule has 2 aromatic heterocycles. The molecule has 0 N–H and O–H groups in total. The second-order valence-corrected chi connectivity index (χ2v) is 11.0. The van der Waals surface area contributed by atoms with Crippen LogP contribution in [0.1, 0.15) is 29.1 Å². The summed E-state index contributed by atoms with van der Waals surface area (Å²) >= 11 is 1.84. The van der Waals surface area contributed by atoms with Gasteiger partial charge in [-0.05, 0) is 38.2 Å². The van der Waals surface area contributed by atoms with Crippen LogP contribution >= 0.6 is 11.3 Å². The standard InChI is InChI=1S/C18H24N4O2S2/c1-12-19-17(16-14-3-2-4-15(14)25-18(16)20-12)22-8-6-21(7-9-22)13-5-10-26(23,24)11-13/h13H,2-11H2,1H3/t13-/m0/s1. The number of aromatic nitrogens is 2. The van der Waals surface area contributed by atoms with Gasteiger partial charge >= 0.3 is 0 Å². The molecule has 0 aromatic carbocycles. The van der Waals surface area contributed by atoms with E-state index in [0.717, 1.165) is 55.5 Å². The fourth-order valence-corrected chi connectivity index (χ4v) is 7.73. The monoisotopic (exact) mass is 392 g/mol. The average molecular weight is 393 g/mol. The van der Waals surface area contributed by atoms with E-state index >= 15 is 0 Å². The zero-order valence-corrected chi connectivity index (χ0v) is 16.7. The molecule has 0 bridgehead atoms. The topological polar surface area (TPSA) is 66.4 Å². The first-order chi connectivity index (χ1) is 12.5. The number of sulfone groups is 1. The van der Waals surface area contributed by atoms with E-state index in [1.807, 2.05) is 18.3 Å². The molecule has 2 aromatic rings. The molecule has 26 heavy (non-hydrogen) atoms. The van der Waals surface area contributed by atoms with Crippen LogP contribution in [0.5, 0.6) is 0 Å². The Morgan fingerprint density at radius 1 is 1.12 bits per heavy atom. The zero-order chi connectivity index (χ0) is 17.9. The molecule has 0 spiro atoms. The average Bonchev–Trinajstić information content (AvgIpc) is 3.28. The second-order valence-electron chi connectivity index (χ2n) is 7.71. The van der Waals surface area contributed by atoms with Crippen LogP contribution in [0.15, 0.2) is 0 Å². The number of hydrogen-bond donors (Lipinski definition) is 0. The van der Waals surface area contributed by atoms with Crippen LogP contribution in [0.3, 0.4) is 0 Å². The summed E-state index contributed by atoms with van der Waals surface area (Å²) < 4.78 is 23.6. The molecule has 1 aliphatic carbocycles. The van der Waals surface area contributed by atoms with Crippen molar-refractivity contribution in [3.8, 4) is 0 Å². The summed E-state index contributed by atoms with van der Waals surface area (Å²) in [6, 6.07) is 0.208. The second kappa shape index (κ2) is 6.14. The van der Waals surface area contributed by atoms with Gasteiger partial charge in [0.05, 0.1) is 16.9 Å². The van der Waals surface area contributed by atoms with Crippen molar-refractivity contribution >= 4 is 37.2 Å². The van der Waals surface area contributed by atoms with Gasteiger partial charge < -0.3 is 4.90 Å². The van der Waals surface area contributed by atoms with Gasteiger partial charge in [-0.15, -0.1) is 11.3 Å². The molecule has 140 valence electrons. The van der Waals surface area contributed by atoms with Crippen molar-refractivity contribution in [2.24, 2.45) is 0 Å². The molecule has 3 aliphatic rings. The van der Waals surface area contributed by atoms with E-state index in [1.165, 1.54) is 28.7 Å². The van der Waals surface area contributed by atoms with Crippen molar-refractivity contribution < 1.29 is 8.42 Å². The normalized spacial score (nSPS) is 25.9. The molecule has 6 nitrogen and oxygen atoms in total. The van der Waals surface area contributed by atoms with Crippen molar-refractivity contribution in [2.75, 3.05) is 42.6 Å². The molecular weight excluding hydrogens is 368 g/mol. The van der Waals surface area contributed by atoms with Gasteiger partial charge in [0.1, 0.15) is 16.5 Å². The van der Waals surface area contributed by atoms with Crippen molar-refractivity contribution in [3.05, 3.63) is 16.3 Å². The first kappa shape index (κ1) is 16.9. The van der Waals surface area contributed by atoms with Crippen LogP contribution in [0.25, 0.3) is 10.2 Å². The lowest BCUT2D eigenvalue weighted by Gasteiger charge is -2.38. The smallest absolute Gasteiger partial charge is 0.151 e. The Morgan fingerprint density at radius 2 is 1.92 bits per heavy atom.